The third-order valence-corrected chi connectivity index (χ3v) is 3.16. The van der Waals surface area contributed by atoms with E-state index in [1.54, 1.807) is 12.1 Å². The van der Waals surface area contributed by atoms with Gasteiger partial charge in [0.05, 0.1) is 9.64 Å². The van der Waals surface area contributed by atoms with Crippen molar-refractivity contribution in [3.63, 3.8) is 0 Å². The molecule has 1 unspecified atom stereocenters. The highest BCUT2D eigenvalue weighted by Crippen LogP contribution is 2.20. The SMILES string of the molecule is CCCC(C#N)NC(=O)c1ccc(I)c(O)c1. The van der Waals surface area contributed by atoms with Crippen molar-refractivity contribution in [1.29, 1.82) is 5.26 Å². The fraction of sp³-hybridized carbons (Fsp3) is 0.333. The van der Waals surface area contributed by atoms with Crippen LogP contribution in [0.3, 0.4) is 0 Å². The summed E-state index contributed by atoms with van der Waals surface area (Å²) in [6.07, 6.45) is 1.45. The van der Waals surface area contributed by atoms with Crippen LogP contribution in [0.15, 0.2) is 18.2 Å². The fourth-order valence-electron chi connectivity index (χ4n) is 1.35. The average Bonchev–Trinajstić information content (AvgIpc) is 2.31. The summed E-state index contributed by atoms with van der Waals surface area (Å²) in [5.41, 5.74) is 0.360. The molecule has 0 spiro atoms. The van der Waals surface area contributed by atoms with Gasteiger partial charge in [0.1, 0.15) is 11.8 Å². The maximum atomic E-state index is 11.8. The van der Waals surface area contributed by atoms with Crippen molar-refractivity contribution in [1.82, 2.24) is 5.32 Å². The predicted molar refractivity (Wildman–Crippen MR) is 72.6 cm³/mol. The van der Waals surface area contributed by atoms with Gasteiger partial charge in [-0.15, -0.1) is 0 Å². The van der Waals surface area contributed by atoms with E-state index in [0.717, 1.165) is 6.42 Å². The van der Waals surface area contributed by atoms with Crippen LogP contribution in [0.25, 0.3) is 0 Å². The topological polar surface area (TPSA) is 73.1 Å². The molecule has 1 atom stereocenters. The number of phenolic OH excluding ortho intramolecular Hbond substituents is 1. The molecule has 0 bridgehead atoms. The predicted octanol–water partition coefficient (Wildman–Crippen LogP) is 2.42. The van der Waals surface area contributed by atoms with E-state index < -0.39 is 6.04 Å². The molecule has 0 aliphatic heterocycles. The van der Waals surface area contributed by atoms with Crippen LogP contribution >= 0.6 is 22.6 Å². The van der Waals surface area contributed by atoms with Crippen molar-refractivity contribution in [3.8, 4) is 11.8 Å². The lowest BCUT2D eigenvalue weighted by Crippen LogP contribution is -2.33. The van der Waals surface area contributed by atoms with Gasteiger partial charge in [0, 0.05) is 5.56 Å². The molecule has 0 aliphatic carbocycles. The number of benzene rings is 1. The number of nitriles is 1. The third kappa shape index (κ3) is 3.89. The third-order valence-electron chi connectivity index (χ3n) is 2.25. The summed E-state index contributed by atoms with van der Waals surface area (Å²) in [6, 6.07) is 6.24. The van der Waals surface area contributed by atoms with E-state index in [9.17, 15) is 9.90 Å². The lowest BCUT2D eigenvalue weighted by Gasteiger charge is -2.10. The van der Waals surface area contributed by atoms with Crippen LogP contribution in [0.4, 0.5) is 0 Å². The Morgan fingerprint density at radius 3 is 2.88 bits per heavy atom. The number of carbonyl (C=O) groups excluding carboxylic acids is 1. The molecule has 0 saturated carbocycles. The fourth-order valence-corrected chi connectivity index (χ4v) is 1.69. The van der Waals surface area contributed by atoms with E-state index in [2.05, 4.69) is 5.32 Å². The van der Waals surface area contributed by atoms with Crippen LogP contribution in [-0.2, 0) is 0 Å². The molecule has 5 heteroatoms. The molecule has 1 amide bonds. The molecule has 1 aromatic carbocycles. The highest BCUT2D eigenvalue weighted by molar-refractivity contribution is 14.1. The second-order valence-electron chi connectivity index (χ2n) is 3.61. The largest absolute Gasteiger partial charge is 0.507 e. The van der Waals surface area contributed by atoms with E-state index in [-0.39, 0.29) is 11.7 Å². The summed E-state index contributed by atoms with van der Waals surface area (Å²) in [6.45, 7) is 1.95. The van der Waals surface area contributed by atoms with E-state index in [1.165, 1.54) is 6.07 Å². The number of phenols is 1. The second kappa shape index (κ2) is 6.45. The van der Waals surface area contributed by atoms with Gasteiger partial charge in [-0.3, -0.25) is 4.79 Å². The lowest BCUT2D eigenvalue weighted by molar-refractivity contribution is 0.0943. The van der Waals surface area contributed by atoms with Crippen LogP contribution in [0.5, 0.6) is 5.75 Å². The zero-order chi connectivity index (χ0) is 12.8. The summed E-state index contributed by atoms with van der Waals surface area (Å²) < 4.78 is 0.685. The Balaban J connectivity index is 2.76. The molecule has 4 nitrogen and oxygen atoms in total. The van der Waals surface area contributed by atoms with Crippen molar-refractivity contribution in [2.45, 2.75) is 25.8 Å². The number of hydrogen-bond donors (Lipinski definition) is 2. The summed E-state index contributed by atoms with van der Waals surface area (Å²) in [4.78, 5) is 11.8. The van der Waals surface area contributed by atoms with E-state index in [4.69, 9.17) is 5.26 Å². The van der Waals surface area contributed by atoms with Gasteiger partial charge in [-0.1, -0.05) is 13.3 Å². The van der Waals surface area contributed by atoms with E-state index >= 15 is 0 Å². The first-order valence-electron chi connectivity index (χ1n) is 5.27. The molecule has 17 heavy (non-hydrogen) atoms. The summed E-state index contributed by atoms with van der Waals surface area (Å²) in [7, 11) is 0. The van der Waals surface area contributed by atoms with Crippen molar-refractivity contribution < 1.29 is 9.90 Å². The first-order chi connectivity index (χ1) is 8.08. The van der Waals surface area contributed by atoms with Gasteiger partial charge < -0.3 is 10.4 Å². The molecule has 0 fully saturated rings. The first kappa shape index (κ1) is 13.8. The Bertz CT molecular complexity index is 454. The highest BCUT2D eigenvalue weighted by Gasteiger charge is 2.13. The molecule has 0 saturated heterocycles. The molecule has 0 aromatic heterocycles. The van der Waals surface area contributed by atoms with Crippen molar-refractivity contribution in [3.05, 3.63) is 27.3 Å². The second-order valence-corrected chi connectivity index (χ2v) is 4.77. The molecular formula is C12H13IN2O2. The molecule has 0 aliphatic rings. The summed E-state index contributed by atoms with van der Waals surface area (Å²) >= 11 is 1.98. The molecular weight excluding hydrogens is 331 g/mol. The minimum absolute atomic E-state index is 0.0715. The Hall–Kier alpha value is -1.29. The maximum Gasteiger partial charge on any atom is 0.252 e. The number of amides is 1. The minimum atomic E-state index is -0.478. The van der Waals surface area contributed by atoms with Crippen molar-refractivity contribution in [2.24, 2.45) is 0 Å². The Kier molecular flexibility index (Phi) is 5.22. The number of aromatic hydroxyl groups is 1. The number of nitrogens with zero attached hydrogens (tertiary/aromatic N) is 1. The van der Waals surface area contributed by atoms with E-state index in [1.807, 2.05) is 35.6 Å². The van der Waals surface area contributed by atoms with Crippen LogP contribution in [-0.4, -0.2) is 17.1 Å². The zero-order valence-corrected chi connectivity index (χ0v) is 11.6. The number of nitrogens with one attached hydrogen (secondary N) is 1. The Labute approximate surface area is 114 Å². The Morgan fingerprint density at radius 1 is 1.65 bits per heavy atom. The molecule has 1 aromatic rings. The van der Waals surface area contributed by atoms with Gasteiger partial charge >= 0.3 is 0 Å². The molecule has 0 radical (unpaired) electrons. The highest BCUT2D eigenvalue weighted by atomic mass is 127. The molecule has 2 N–H and O–H groups in total. The van der Waals surface area contributed by atoms with Crippen LogP contribution < -0.4 is 5.32 Å². The smallest absolute Gasteiger partial charge is 0.252 e. The molecule has 0 heterocycles. The van der Waals surface area contributed by atoms with E-state index in [0.29, 0.717) is 15.6 Å². The lowest BCUT2D eigenvalue weighted by atomic mass is 10.1. The maximum absolute atomic E-state index is 11.8. The summed E-state index contributed by atoms with van der Waals surface area (Å²) in [5, 5.41) is 20.9. The van der Waals surface area contributed by atoms with Crippen LogP contribution in [0.2, 0.25) is 0 Å². The summed E-state index contributed by atoms with van der Waals surface area (Å²) in [5.74, 6) is -0.265. The van der Waals surface area contributed by atoms with Gasteiger partial charge in [0.25, 0.3) is 5.91 Å². The monoisotopic (exact) mass is 344 g/mol. The minimum Gasteiger partial charge on any atom is -0.507 e. The number of hydrogen-bond acceptors (Lipinski definition) is 3. The standard InChI is InChI=1S/C12H13IN2O2/c1-2-3-9(7-14)15-12(17)8-4-5-10(13)11(16)6-8/h4-6,9,16H,2-3H2,1H3,(H,15,17). The van der Waals surface area contributed by atoms with Gasteiger partial charge in [0.2, 0.25) is 0 Å². The van der Waals surface area contributed by atoms with Gasteiger partial charge in [-0.2, -0.15) is 5.26 Å². The Morgan fingerprint density at radius 2 is 2.35 bits per heavy atom. The van der Waals surface area contributed by atoms with Gasteiger partial charge in [-0.05, 0) is 47.2 Å². The average molecular weight is 344 g/mol. The van der Waals surface area contributed by atoms with Gasteiger partial charge in [0.15, 0.2) is 0 Å². The first-order valence-corrected chi connectivity index (χ1v) is 6.35. The number of carbonyl (C=O) groups is 1. The normalized spacial score (nSPS) is 11.6. The zero-order valence-electron chi connectivity index (χ0n) is 9.40. The quantitative estimate of drug-likeness (QED) is 0.824. The van der Waals surface area contributed by atoms with Gasteiger partial charge in [-0.25, -0.2) is 0 Å². The molecule has 1 rings (SSSR count). The van der Waals surface area contributed by atoms with Crippen molar-refractivity contribution in [2.75, 3.05) is 0 Å². The van der Waals surface area contributed by atoms with Crippen LogP contribution in [0.1, 0.15) is 30.1 Å². The molecule has 90 valence electrons. The van der Waals surface area contributed by atoms with Crippen molar-refractivity contribution >= 4 is 28.5 Å². The number of halogens is 1. The van der Waals surface area contributed by atoms with Crippen LogP contribution in [0, 0.1) is 14.9 Å². The number of rotatable bonds is 4.